The first kappa shape index (κ1) is 12.9. The van der Waals surface area contributed by atoms with Crippen LogP contribution in [0.1, 0.15) is 20.3 Å². The molecule has 15 heavy (non-hydrogen) atoms. The standard InChI is InChI=1S/C9H21N3O2S/c1-3-5-10-15(13,14)12-8-6-11(4-2)7-9-12/h10H,3-9H2,1-2H3. The van der Waals surface area contributed by atoms with Gasteiger partial charge in [-0.3, -0.25) is 0 Å². The number of nitrogens with zero attached hydrogens (tertiary/aromatic N) is 2. The van der Waals surface area contributed by atoms with Crippen LogP contribution in [0.25, 0.3) is 0 Å². The van der Waals surface area contributed by atoms with E-state index in [0.29, 0.717) is 19.6 Å². The van der Waals surface area contributed by atoms with E-state index in [2.05, 4.69) is 16.5 Å². The van der Waals surface area contributed by atoms with Crippen molar-refractivity contribution < 1.29 is 8.42 Å². The lowest BCUT2D eigenvalue weighted by atomic mass is 10.4. The van der Waals surface area contributed by atoms with Gasteiger partial charge in [0.05, 0.1) is 0 Å². The van der Waals surface area contributed by atoms with Gasteiger partial charge in [0, 0.05) is 32.7 Å². The lowest BCUT2D eigenvalue weighted by molar-refractivity contribution is 0.195. The summed E-state index contributed by atoms with van der Waals surface area (Å²) in [6, 6.07) is 0. The molecule has 0 aliphatic carbocycles. The average Bonchev–Trinajstić information content (AvgIpc) is 2.26. The maximum atomic E-state index is 11.7. The lowest BCUT2D eigenvalue weighted by Gasteiger charge is -2.33. The van der Waals surface area contributed by atoms with Crippen LogP contribution >= 0.6 is 0 Å². The van der Waals surface area contributed by atoms with Crippen LogP contribution in [0.15, 0.2) is 0 Å². The molecular formula is C9H21N3O2S. The van der Waals surface area contributed by atoms with Gasteiger partial charge in [0.2, 0.25) is 0 Å². The third kappa shape index (κ3) is 3.71. The van der Waals surface area contributed by atoms with Crippen molar-refractivity contribution >= 4 is 10.2 Å². The van der Waals surface area contributed by atoms with Gasteiger partial charge in [-0.1, -0.05) is 13.8 Å². The average molecular weight is 235 g/mol. The molecule has 1 fully saturated rings. The third-order valence-corrected chi connectivity index (χ3v) is 4.27. The zero-order valence-electron chi connectivity index (χ0n) is 9.57. The monoisotopic (exact) mass is 235 g/mol. The van der Waals surface area contributed by atoms with E-state index in [1.54, 1.807) is 0 Å². The fourth-order valence-corrected chi connectivity index (χ4v) is 2.90. The number of likely N-dealkylation sites (N-methyl/N-ethyl adjacent to an activating group) is 1. The third-order valence-electron chi connectivity index (χ3n) is 2.65. The molecule has 1 aliphatic rings. The summed E-state index contributed by atoms with van der Waals surface area (Å²) in [6.07, 6.45) is 0.828. The first-order valence-electron chi connectivity index (χ1n) is 5.57. The Morgan fingerprint density at radius 1 is 1.13 bits per heavy atom. The van der Waals surface area contributed by atoms with Crippen LogP contribution in [0, 0.1) is 0 Å². The second-order valence-corrected chi connectivity index (χ2v) is 5.49. The molecule has 6 heteroatoms. The highest BCUT2D eigenvalue weighted by atomic mass is 32.2. The molecule has 0 aromatic carbocycles. The fourth-order valence-electron chi connectivity index (χ4n) is 1.61. The van der Waals surface area contributed by atoms with Gasteiger partial charge in [0.25, 0.3) is 10.2 Å². The maximum Gasteiger partial charge on any atom is 0.279 e. The summed E-state index contributed by atoms with van der Waals surface area (Å²) >= 11 is 0. The van der Waals surface area contributed by atoms with Crippen LogP contribution in [0.3, 0.4) is 0 Å². The Hall–Kier alpha value is -0.170. The molecule has 0 amide bonds. The second kappa shape index (κ2) is 5.79. The SMILES string of the molecule is CCCNS(=O)(=O)N1CCN(CC)CC1. The van der Waals surface area contributed by atoms with Crippen molar-refractivity contribution in [3.63, 3.8) is 0 Å². The van der Waals surface area contributed by atoms with Crippen LogP contribution < -0.4 is 4.72 Å². The number of hydrogen-bond acceptors (Lipinski definition) is 3. The highest BCUT2D eigenvalue weighted by Crippen LogP contribution is 2.05. The molecule has 0 aromatic rings. The minimum Gasteiger partial charge on any atom is -0.301 e. The largest absolute Gasteiger partial charge is 0.301 e. The molecule has 0 aromatic heterocycles. The Morgan fingerprint density at radius 2 is 1.73 bits per heavy atom. The van der Waals surface area contributed by atoms with Crippen LogP contribution in [-0.4, -0.2) is 56.9 Å². The zero-order valence-corrected chi connectivity index (χ0v) is 10.4. The Kier molecular flexibility index (Phi) is 4.98. The van der Waals surface area contributed by atoms with Crippen molar-refractivity contribution in [3.05, 3.63) is 0 Å². The molecule has 1 aliphatic heterocycles. The van der Waals surface area contributed by atoms with E-state index in [1.807, 2.05) is 6.92 Å². The molecule has 0 unspecified atom stereocenters. The summed E-state index contributed by atoms with van der Waals surface area (Å²) in [7, 11) is -3.22. The summed E-state index contributed by atoms with van der Waals surface area (Å²) in [4.78, 5) is 2.26. The molecule has 1 heterocycles. The summed E-state index contributed by atoms with van der Waals surface area (Å²) in [5.74, 6) is 0. The molecule has 0 bridgehead atoms. The fraction of sp³-hybridized carbons (Fsp3) is 1.00. The van der Waals surface area contributed by atoms with Crippen molar-refractivity contribution in [2.45, 2.75) is 20.3 Å². The normalized spacial score (nSPS) is 20.7. The summed E-state index contributed by atoms with van der Waals surface area (Å²) in [5, 5.41) is 0. The number of hydrogen-bond donors (Lipinski definition) is 1. The van der Waals surface area contributed by atoms with Crippen LogP contribution in [-0.2, 0) is 10.2 Å². The van der Waals surface area contributed by atoms with Crippen molar-refractivity contribution in [1.29, 1.82) is 0 Å². The van der Waals surface area contributed by atoms with Crippen molar-refractivity contribution in [2.75, 3.05) is 39.3 Å². The summed E-state index contributed by atoms with van der Waals surface area (Å²) in [5.41, 5.74) is 0. The van der Waals surface area contributed by atoms with Gasteiger partial charge in [-0.05, 0) is 13.0 Å². The van der Waals surface area contributed by atoms with E-state index < -0.39 is 10.2 Å². The Bertz CT molecular complexity index is 271. The van der Waals surface area contributed by atoms with Gasteiger partial charge in [0.1, 0.15) is 0 Å². The Labute approximate surface area is 92.6 Å². The van der Waals surface area contributed by atoms with Crippen LogP contribution in [0.5, 0.6) is 0 Å². The van der Waals surface area contributed by atoms with Crippen LogP contribution in [0.4, 0.5) is 0 Å². The van der Waals surface area contributed by atoms with E-state index in [-0.39, 0.29) is 0 Å². The predicted molar refractivity (Wildman–Crippen MR) is 60.9 cm³/mol. The van der Waals surface area contributed by atoms with Crippen molar-refractivity contribution in [1.82, 2.24) is 13.9 Å². The molecule has 1 saturated heterocycles. The quantitative estimate of drug-likeness (QED) is 0.722. The summed E-state index contributed by atoms with van der Waals surface area (Å²) in [6.45, 7) is 8.45. The van der Waals surface area contributed by atoms with Gasteiger partial charge >= 0.3 is 0 Å². The number of rotatable bonds is 5. The van der Waals surface area contributed by atoms with Gasteiger partial charge in [0.15, 0.2) is 0 Å². The van der Waals surface area contributed by atoms with Gasteiger partial charge in [-0.2, -0.15) is 12.7 Å². The molecule has 5 nitrogen and oxygen atoms in total. The van der Waals surface area contributed by atoms with Crippen LogP contribution in [0.2, 0.25) is 0 Å². The van der Waals surface area contributed by atoms with E-state index in [0.717, 1.165) is 26.1 Å². The lowest BCUT2D eigenvalue weighted by Crippen LogP contribution is -2.51. The highest BCUT2D eigenvalue weighted by molar-refractivity contribution is 7.87. The first-order chi connectivity index (χ1) is 7.10. The predicted octanol–water partition coefficient (Wildman–Crippen LogP) is -0.132. The van der Waals surface area contributed by atoms with Crippen molar-refractivity contribution in [2.24, 2.45) is 0 Å². The molecule has 1 N–H and O–H groups in total. The topological polar surface area (TPSA) is 52.7 Å². The highest BCUT2D eigenvalue weighted by Gasteiger charge is 2.25. The molecular weight excluding hydrogens is 214 g/mol. The molecule has 0 saturated carbocycles. The minimum absolute atomic E-state index is 0.524. The second-order valence-electron chi connectivity index (χ2n) is 3.73. The van der Waals surface area contributed by atoms with Crippen molar-refractivity contribution in [3.8, 4) is 0 Å². The molecule has 90 valence electrons. The maximum absolute atomic E-state index is 11.7. The number of piperazine rings is 1. The molecule has 1 rings (SSSR count). The smallest absolute Gasteiger partial charge is 0.279 e. The molecule has 0 atom stereocenters. The van der Waals surface area contributed by atoms with Gasteiger partial charge in [-0.15, -0.1) is 0 Å². The Balaban J connectivity index is 2.45. The summed E-state index contributed by atoms with van der Waals surface area (Å²) < 4.78 is 27.6. The minimum atomic E-state index is -3.22. The van der Waals surface area contributed by atoms with Gasteiger partial charge < -0.3 is 4.90 Å². The number of nitrogens with one attached hydrogen (secondary N) is 1. The van der Waals surface area contributed by atoms with E-state index >= 15 is 0 Å². The zero-order chi connectivity index (χ0) is 11.3. The van der Waals surface area contributed by atoms with Gasteiger partial charge in [-0.25, -0.2) is 4.72 Å². The Morgan fingerprint density at radius 3 is 2.20 bits per heavy atom. The molecule has 0 radical (unpaired) electrons. The van der Waals surface area contributed by atoms with E-state index in [4.69, 9.17) is 0 Å². The van der Waals surface area contributed by atoms with E-state index in [9.17, 15) is 8.42 Å². The molecule has 0 spiro atoms. The first-order valence-corrected chi connectivity index (χ1v) is 7.01. The van der Waals surface area contributed by atoms with E-state index in [1.165, 1.54) is 4.31 Å².